The van der Waals surface area contributed by atoms with E-state index < -0.39 is 10.0 Å². The molecule has 66 valence electrons. The molecule has 0 radical (unpaired) electrons. The van der Waals surface area contributed by atoms with Gasteiger partial charge < -0.3 is 0 Å². The Morgan fingerprint density at radius 1 is 1.64 bits per heavy atom. The highest BCUT2D eigenvalue weighted by molar-refractivity contribution is 7.88. The van der Waals surface area contributed by atoms with E-state index in [4.69, 9.17) is 0 Å². The average Bonchev–Trinajstić information content (AvgIpc) is 1.85. The Morgan fingerprint density at radius 2 is 2.18 bits per heavy atom. The minimum atomic E-state index is -3.18. The van der Waals surface area contributed by atoms with Gasteiger partial charge >= 0.3 is 0 Å². The lowest BCUT2D eigenvalue weighted by atomic mass is 10.1. The molecule has 0 aromatic heterocycles. The van der Waals surface area contributed by atoms with E-state index in [0.29, 0.717) is 5.92 Å². The second kappa shape index (κ2) is 4.33. The molecule has 0 aromatic rings. The molecule has 1 N–H and O–H groups in total. The monoisotopic (exact) mass is 178 g/mol. The molecule has 0 bridgehead atoms. The maximum absolute atomic E-state index is 10.5. The molecular formula is C6H14N2O2S. The van der Waals surface area contributed by atoms with E-state index in [1.54, 1.807) is 6.21 Å². The smallest absolute Gasteiger partial charge is 0.206 e. The third-order valence-electron chi connectivity index (χ3n) is 1.19. The molecule has 0 amide bonds. The number of rotatable bonds is 4. The van der Waals surface area contributed by atoms with Crippen molar-refractivity contribution in [2.45, 2.75) is 20.3 Å². The number of hydrogen-bond donors (Lipinski definition) is 1. The fraction of sp³-hybridized carbons (Fsp3) is 0.833. The van der Waals surface area contributed by atoms with Crippen LogP contribution in [0.25, 0.3) is 0 Å². The summed E-state index contributed by atoms with van der Waals surface area (Å²) in [6.45, 7) is 3.98. The molecule has 0 aliphatic rings. The van der Waals surface area contributed by atoms with Crippen molar-refractivity contribution in [3.63, 3.8) is 0 Å². The number of nitrogens with zero attached hydrogens (tertiary/aromatic N) is 1. The summed E-state index contributed by atoms with van der Waals surface area (Å²) in [6, 6.07) is 0. The largest absolute Gasteiger partial charge is 0.244 e. The van der Waals surface area contributed by atoms with Crippen LogP contribution in [0.4, 0.5) is 0 Å². The van der Waals surface area contributed by atoms with Gasteiger partial charge in [0.05, 0.1) is 6.26 Å². The summed E-state index contributed by atoms with van der Waals surface area (Å²) in [5.41, 5.74) is 0. The normalized spacial score (nSPS) is 15.2. The van der Waals surface area contributed by atoms with Crippen LogP contribution >= 0.6 is 0 Å². The van der Waals surface area contributed by atoms with Crippen LogP contribution in [0.1, 0.15) is 20.3 Å². The minimum Gasteiger partial charge on any atom is -0.206 e. The van der Waals surface area contributed by atoms with Gasteiger partial charge in [-0.3, -0.25) is 0 Å². The SMILES string of the molecule is CCC(C)/C=N/NS(C)(=O)=O. The molecular weight excluding hydrogens is 164 g/mol. The maximum Gasteiger partial charge on any atom is 0.244 e. The van der Waals surface area contributed by atoms with Gasteiger partial charge in [0.2, 0.25) is 10.0 Å². The van der Waals surface area contributed by atoms with Gasteiger partial charge in [-0.1, -0.05) is 13.8 Å². The molecule has 0 saturated carbocycles. The first-order valence-electron chi connectivity index (χ1n) is 3.45. The summed E-state index contributed by atoms with van der Waals surface area (Å²) >= 11 is 0. The van der Waals surface area contributed by atoms with E-state index in [-0.39, 0.29) is 0 Å². The van der Waals surface area contributed by atoms with Crippen LogP contribution in [0.2, 0.25) is 0 Å². The molecule has 11 heavy (non-hydrogen) atoms. The van der Waals surface area contributed by atoms with Gasteiger partial charge in [0.25, 0.3) is 0 Å². The van der Waals surface area contributed by atoms with E-state index in [1.807, 2.05) is 18.7 Å². The van der Waals surface area contributed by atoms with Crippen LogP contribution in [0.5, 0.6) is 0 Å². The van der Waals surface area contributed by atoms with Crippen molar-refractivity contribution < 1.29 is 8.42 Å². The number of hydrogen-bond acceptors (Lipinski definition) is 3. The van der Waals surface area contributed by atoms with Crippen molar-refractivity contribution in [3.8, 4) is 0 Å². The molecule has 0 aromatic carbocycles. The lowest BCUT2D eigenvalue weighted by Gasteiger charge is -1.98. The first-order chi connectivity index (χ1) is 4.95. The lowest BCUT2D eigenvalue weighted by molar-refractivity contribution is 0.590. The second-order valence-corrected chi connectivity index (χ2v) is 4.25. The van der Waals surface area contributed by atoms with Gasteiger partial charge in [-0.2, -0.15) is 5.10 Å². The Labute approximate surface area is 67.7 Å². The molecule has 1 atom stereocenters. The van der Waals surface area contributed by atoms with Gasteiger partial charge in [-0.05, 0) is 12.3 Å². The highest BCUT2D eigenvalue weighted by Gasteiger charge is 1.95. The van der Waals surface area contributed by atoms with Gasteiger partial charge in [0.15, 0.2) is 0 Å². The molecule has 1 unspecified atom stereocenters. The summed E-state index contributed by atoms with van der Waals surface area (Å²) < 4.78 is 21.0. The van der Waals surface area contributed by atoms with Gasteiger partial charge in [0, 0.05) is 6.21 Å². The number of nitrogens with one attached hydrogen (secondary N) is 1. The van der Waals surface area contributed by atoms with E-state index in [2.05, 4.69) is 5.10 Å². The zero-order valence-corrected chi connectivity index (χ0v) is 7.85. The van der Waals surface area contributed by atoms with Crippen LogP contribution in [-0.4, -0.2) is 20.9 Å². The standard InChI is InChI=1S/C6H14N2O2S/c1-4-6(2)5-7-8-11(3,9)10/h5-6,8H,4H2,1-3H3/b7-5+. The fourth-order valence-corrected chi connectivity index (χ4v) is 0.611. The lowest BCUT2D eigenvalue weighted by Crippen LogP contribution is -2.16. The summed E-state index contributed by atoms with van der Waals surface area (Å²) in [4.78, 5) is 2.03. The third kappa shape index (κ3) is 7.32. The highest BCUT2D eigenvalue weighted by Crippen LogP contribution is 1.94. The Balaban J connectivity index is 3.79. The topological polar surface area (TPSA) is 58.5 Å². The van der Waals surface area contributed by atoms with Gasteiger partial charge in [0.1, 0.15) is 0 Å². The molecule has 5 heteroatoms. The summed E-state index contributed by atoms with van der Waals surface area (Å²) in [5.74, 6) is 0.309. The van der Waals surface area contributed by atoms with E-state index in [0.717, 1.165) is 12.7 Å². The molecule has 0 spiro atoms. The molecule has 0 aliphatic carbocycles. The predicted octanol–water partition coefficient (Wildman–Crippen LogP) is 0.568. The zero-order valence-electron chi connectivity index (χ0n) is 7.03. The number of sulfonamides is 1. The van der Waals surface area contributed by atoms with Gasteiger partial charge in [-0.25, -0.2) is 13.2 Å². The van der Waals surface area contributed by atoms with Crippen molar-refractivity contribution >= 4 is 16.2 Å². The molecule has 0 aliphatic heterocycles. The van der Waals surface area contributed by atoms with Crippen LogP contribution in [0.3, 0.4) is 0 Å². The first-order valence-corrected chi connectivity index (χ1v) is 5.34. The minimum absolute atomic E-state index is 0.309. The van der Waals surface area contributed by atoms with E-state index >= 15 is 0 Å². The molecule has 0 rings (SSSR count). The van der Waals surface area contributed by atoms with Crippen molar-refractivity contribution in [2.75, 3.05) is 6.26 Å². The quantitative estimate of drug-likeness (QED) is 0.505. The van der Waals surface area contributed by atoms with Crippen LogP contribution in [0.15, 0.2) is 5.10 Å². The molecule has 0 heterocycles. The third-order valence-corrected chi connectivity index (χ3v) is 1.63. The Hall–Kier alpha value is -0.580. The molecule has 0 saturated heterocycles. The fourth-order valence-electron chi connectivity index (χ4n) is 0.359. The summed E-state index contributed by atoms with van der Waals surface area (Å²) in [5, 5.41) is 3.55. The average molecular weight is 178 g/mol. The second-order valence-electron chi connectivity index (χ2n) is 2.53. The van der Waals surface area contributed by atoms with Gasteiger partial charge in [-0.15, -0.1) is 0 Å². The Morgan fingerprint density at radius 3 is 2.55 bits per heavy atom. The Bertz CT molecular complexity index is 221. The summed E-state index contributed by atoms with van der Waals surface area (Å²) in [6.07, 6.45) is 3.61. The van der Waals surface area contributed by atoms with Crippen LogP contribution < -0.4 is 4.83 Å². The highest BCUT2D eigenvalue weighted by atomic mass is 32.2. The van der Waals surface area contributed by atoms with E-state index in [1.165, 1.54) is 0 Å². The predicted molar refractivity (Wildman–Crippen MR) is 45.9 cm³/mol. The van der Waals surface area contributed by atoms with Crippen LogP contribution in [-0.2, 0) is 10.0 Å². The first kappa shape index (κ1) is 10.4. The van der Waals surface area contributed by atoms with Crippen molar-refractivity contribution in [1.82, 2.24) is 4.83 Å². The van der Waals surface area contributed by atoms with E-state index in [9.17, 15) is 8.42 Å². The zero-order chi connectivity index (χ0) is 8.91. The van der Waals surface area contributed by atoms with Crippen molar-refractivity contribution in [1.29, 1.82) is 0 Å². The van der Waals surface area contributed by atoms with Crippen LogP contribution in [0, 0.1) is 5.92 Å². The molecule has 0 fully saturated rings. The number of hydrazone groups is 1. The maximum atomic E-state index is 10.5. The molecule has 4 nitrogen and oxygen atoms in total. The summed E-state index contributed by atoms with van der Waals surface area (Å²) in [7, 11) is -3.18. The Kier molecular flexibility index (Phi) is 4.10. The van der Waals surface area contributed by atoms with Crippen molar-refractivity contribution in [2.24, 2.45) is 11.0 Å². The van der Waals surface area contributed by atoms with Crippen molar-refractivity contribution in [3.05, 3.63) is 0 Å².